The van der Waals surface area contributed by atoms with Crippen LogP contribution in [0.2, 0.25) is 0 Å². The highest BCUT2D eigenvalue weighted by Crippen LogP contribution is 2.38. The first-order valence-corrected chi connectivity index (χ1v) is 10.7. The summed E-state index contributed by atoms with van der Waals surface area (Å²) < 4.78 is 10.9. The third-order valence-corrected chi connectivity index (χ3v) is 5.51. The summed E-state index contributed by atoms with van der Waals surface area (Å²) in [5.41, 5.74) is 3.57. The van der Waals surface area contributed by atoms with Crippen LogP contribution in [0.3, 0.4) is 0 Å². The molecule has 0 radical (unpaired) electrons. The van der Waals surface area contributed by atoms with Crippen molar-refractivity contribution < 1.29 is 19.4 Å². The van der Waals surface area contributed by atoms with Gasteiger partial charge in [-0.05, 0) is 43.5 Å². The molecule has 0 saturated heterocycles. The van der Waals surface area contributed by atoms with E-state index < -0.39 is 0 Å². The summed E-state index contributed by atoms with van der Waals surface area (Å²) in [4.78, 5) is 21.1. The summed E-state index contributed by atoms with van der Waals surface area (Å²) in [5.74, 6) is 1.06. The molecule has 0 aliphatic carbocycles. The number of aliphatic hydroxyl groups excluding tert-OH is 1. The first-order valence-electron chi connectivity index (χ1n) is 10.7. The number of ether oxygens (including phenoxy) is 2. The summed E-state index contributed by atoms with van der Waals surface area (Å²) in [6, 6.07) is 15.4. The molecule has 0 unspecified atom stereocenters. The maximum absolute atomic E-state index is 12.9. The van der Waals surface area contributed by atoms with Crippen LogP contribution < -0.4 is 14.8 Å². The Morgan fingerprint density at radius 1 is 1.03 bits per heavy atom. The minimum atomic E-state index is -0.227. The second-order valence-electron chi connectivity index (χ2n) is 7.56. The van der Waals surface area contributed by atoms with E-state index in [1.165, 1.54) is 0 Å². The zero-order chi connectivity index (χ0) is 22.5. The van der Waals surface area contributed by atoms with Crippen molar-refractivity contribution in [2.75, 3.05) is 27.4 Å². The molecule has 4 rings (SSSR count). The number of carbonyl (C=O) groups is 1. The van der Waals surface area contributed by atoms with Gasteiger partial charge < -0.3 is 24.9 Å². The van der Waals surface area contributed by atoms with Crippen LogP contribution in [0.25, 0.3) is 33.1 Å². The van der Waals surface area contributed by atoms with Gasteiger partial charge in [-0.3, -0.25) is 4.79 Å². The number of rotatable bonds is 9. The maximum atomic E-state index is 12.9. The number of carbonyl (C=O) groups excluding carboxylic acids is 1. The van der Waals surface area contributed by atoms with Gasteiger partial charge in [-0.15, -0.1) is 0 Å². The number of nitrogens with one attached hydrogen (secondary N) is 2. The largest absolute Gasteiger partial charge is 0.497 e. The molecule has 0 saturated carbocycles. The number of aromatic amines is 1. The van der Waals surface area contributed by atoms with Gasteiger partial charge >= 0.3 is 0 Å². The number of hydrogen-bond acceptors (Lipinski definition) is 5. The Kier molecular flexibility index (Phi) is 6.56. The van der Waals surface area contributed by atoms with E-state index in [4.69, 9.17) is 19.6 Å². The number of hydrogen-bond donors (Lipinski definition) is 3. The fraction of sp³-hybridized carbons (Fsp3) is 0.280. The van der Waals surface area contributed by atoms with E-state index in [1.54, 1.807) is 20.3 Å². The molecular formula is C25H27N3O4. The zero-order valence-corrected chi connectivity index (χ0v) is 18.3. The highest BCUT2D eigenvalue weighted by Gasteiger charge is 2.19. The Balaban J connectivity index is 1.82. The highest BCUT2D eigenvalue weighted by molar-refractivity contribution is 6.13. The summed E-state index contributed by atoms with van der Waals surface area (Å²) in [5, 5.41) is 13.8. The van der Waals surface area contributed by atoms with Gasteiger partial charge in [-0.25, -0.2) is 4.98 Å². The van der Waals surface area contributed by atoms with E-state index in [1.807, 2.05) is 42.5 Å². The van der Waals surface area contributed by atoms with Crippen LogP contribution in [0.15, 0.2) is 48.5 Å². The van der Waals surface area contributed by atoms with Crippen molar-refractivity contribution in [2.24, 2.45) is 0 Å². The van der Waals surface area contributed by atoms with E-state index >= 15 is 0 Å². The van der Waals surface area contributed by atoms with Crippen LogP contribution in [0.5, 0.6) is 11.5 Å². The quantitative estimate of drug-likeness (QED) is 0.342. The van der Waals surface area contributed by atoms with Gasteiger partial charge in [0.1, 0.15) is 17.2 Å². The minimum absolute atomic E-state index is 0.166. The molecule has 7 heteroatoms. The molecule has 0 spiro atoms. The van der Waals surface area contributed by atoms with Crippen molar-refractivity contribution in [2.45, 2.75) is 19.3 Å². The summed E-state index contributed by atoms with van der Waals surface area (Å²) in [6.45, 7) is 0.702. The molecule has 2 heterocycles. The second kappa shape index (κ2) is 9.70. The molecule has 0 fully saturated rings. The lowest BCUT2D eigenvalue weighted by molar-refractivity contribution is 0.0948. The molecule has 0 aliphatic heterocycles. The smallest absolute Gasteiger partial charge is 0.269 e. The number of H-pyrrole nitrogens is 1. The average Bonchev–Trinajstić information content (AvgIpc) is 3.21. The van der Waals surface area contributed by atoms with Gasteiger partial charge in [0.05, 0.1) is 25.4 Å². The zero-order valence-electron chi connectivity index (χ0n) is 18.3. The predicted molar refractivity (Wildman–Crippen MR) is 125 cm³/mol. The average molecular weight is 434 g/mol. The predicted octanol–water partition coefficient (Wildman–Crippen LogP) is 4.29. The normalized spacial score (nSPS) is 11.1. The van der Waals surface area contributed by atoms with E-state index in [-0.39, 0.29) is 12.5 Å². The van der Waals surface area contributed by atoms with Gasteiger partial charge in [0.15, 0.2) is 0 Å². The van der Waals surface area contributed by atoms with E-state index in [9.17, 15) is 4.79 Å². The fourth-order valence-electron chi connectivity index (χ4n) is 3.86. The van der Waals surface area contributed by atoms with Crippen molar-refractivity contribution >= 4 is 27.7 Å². The summed E-state index contributed by atoms with van der Waals surface area (Å²) in [7, 11) is 3.21. The van der Waals surface area contributed by atoms with Crippen molar-refractivity contribution in [3.63, 3.8) is 0 Å². The standard InChI is InChI=1S/C25H27N3O4/c1-31-16-10-11-18(22(14-16)32-2)23-24-19(17-8-4-5-9-20(17)27-24)15-21(28-23)25(30)26-12-6-3-7-13-29/h4-5,8-11,14-15,27,29H,3,6-7,12-13H2,1-2H3,(H,26,30). The minimum Gasteiger partial charge on any atom is -0.497 e. The number of para-hydroxylation sites is 1. The molecule has 4 aromatic rings. The van der Waals surface area contributed by atoms with Crippen molar-refractivity contribution in [3.8, 4) is 22.8 Å². The SMILES string of the molecule is COc1ccc(-c2nc(C(=O)NCCCCCO)cc3c2[nH]c2ccccc23)c(OC)c1. The molecule has 0 bridgehead atoms. The number of fused-ring (bicyclic) bond motifs is 3. The highest BCUT2D eigenvalue weighted by atomic mass is 16.5. The van der Waals surface area contributed by atoms with Crippen LogP contribution in [-0.4, -0.2) is 48.4 Å². The number of methoxy groups -OCH3 is 2. The van der Waals surface area contributed by atoms with Crippen LogP contribution in [0, 0.1) is 0 Å². The Hall–Kier alpha value is -3.58. The van der Waals surface area contributed by atoms with Gasteiger partial charge in [-0.2, -0.15) is 0 Å². The van der Waals surface area contributed by atoms with Gasteiger partial charge in [0.2, 0.25) is 0 Å². The molecule has 7 nitrogen and oxygen atoms in total. The molecule has 2 aromatic heterocycles. The van der Waals surface area contributed by atoms with Crippen LogP contribution in [0.1, 0.15) is 29.8 Å². The third kappa shape index (κ3) is 4.24. The number of benzene rings is 2. The lowest BCUT2D eigenvalue weighted by Gasteiger charge is -2.12. The van der Waals surface area contributed by atoms with E-state index in [2.05, 4.69) is 10.3 Å². The van der Waals surface area contributed by atoms with Crippen LogP contribution in [0.4, 0.5) is 0 Å². The lowest BCUT2D eigenvalue weighted by Crippen LogP contribution is -2.25. The third-order valence-electron chi connectivity index (χ3n) is 5.51. The number of nitrogens with zero attached hydrogens (tertiary/aromatic N) is 1. The van der Waals surface area contributed by atoms with Gasteiger partial charge in [0, 0.05) is 41.1 Å². The van der Waals surface area contributed by atoms with Gasteiger partial charge in [-0.1, -0.05) is 18.2 Å². The second-order valence-corrected chi connectivity index (χ2v) is 7.56. The number of unbranched alkanes of at least 4 members (excludes halogenated alkanes) is 2. The topological polar surface area (TPSA) is 96.5 Å². The molecule has 166 valence electrons. The molecular weight excluding hydrogens is 406 g/mol. The Labute approximate surface area is 186 Å². The first-order chi connectivity index (χ1) is 15.7. The van der Waals surface area contributed by atoms with Crippen LogP contribution in [-0.2, 0) is 0 Å². The Morgan fingerprint density at radius 3 is 2.66 bits per heavy atom. The van der Waals surface area contributed by atoms with Gasteiger partial charge in [0.25, 0.3) is 5.91 Å². The lowest BCUT2D eigenvalue weighted by atomic mass is 10.0. The molecule has 32 heavy (non-hydrogen) atoms. The molecule has 3 N–H and O–H groups in total. The number of amides is 1. The summed E-state index contributed by atoms with van der Waals surface area (Å²) in [6.07, 6.45) is 2.40. The van der Waals surface area contributed by atoms with Crippen molar-refractivity contribution in [1.82, 2.24) is 15.3 Å². The molecule has 2 aromatic carbocycles. The first kappa shape index (κ1) is 21.6. The van der Waals surface area contributed by atoms with Crippen LogP contribution >= 0.6 is 0 Å². The monoisotopic (exact) mass is 433 g/mol. The van der Waals surface area contributed by atoms with E-state index in [0.717, 1.165) is 46.6 Å². The maximum Gasteiger partial charge on any atom is 0.269 e. The number of aliphatic hydroxyl groups is 1. The summed E-state index contributed by atoms with van der Waals surface area (Å²) >= 11 is 0. The Morgan fingerprint density at radius 2 is 1.88 bits per heavy atom. The molecule has 0 atom stereocenters. The molecule has 1 amide bonds. The number of pyridine rings is 1. The Bertz CT molecular complexity index is 1250. The van der Waals surface area contributed by atoms with Crippen molar-refractivity contribution in [1.29, 1.82) is 0 Å². The number of aromatic nitrogens is 2. The molecule has 0 aliphatic rings. The fourth-order valence-corrected chi connectivity index (χ4v) is 3.86. The van der Waals surface area contributed by atoms with Crippen molar-refractivity contribution in [3.05, 3.63) is 54.2 Å². The van der Waals surface area contributed by atoms with E-state index in [0.29, 0.717) is 29.4 Å².